The van der Waals surface area contributed by atoms with Gasteiger partial charge < -0.3 is 10.2 Å². The Morgan fingerprint density at radius 3 is 2.82 bits per heavy atom. The van der Waals surface area contributed by atoms with Crippen molar-refractivity contribution >= 4 is 17.2 Å². The van der Waals surface area contributed by atoms with E-state index in [0.29, 0.717) is 11.5 Å². The topological polar surface area (TPSA) is 71.2 Å². The highest BCUT2D eigenvalue weighted by Crippen LogP contribution is 2.28. The monoisotopic (exact) mass is 301 g/mol. The van der Waals surface area contributed by atoms with Crippen molar-refractivity contribution in [2.45, 2.75) is 13.0 Å². The van der Waals surface area contributed by atoms with E-state index in [4.69, 9.17) is 0 Å². The highest BCUT2D eigenvalue weighted by Gasteiger charge is 2.14. The first-order valence-electron chi connectivity index (χ1n) is 6.83. The lowest BCUT2D eigenvalue weighted by atomic mass is 10.1. The summed E-state index contributed by atoms with van der Waals surface area (Å²) in [6, 6.07) is 8.17. The number of nitrogens with zero attached hydrogens (tertiary/aromatic N) is 6. The maximum absolute atomic E-state index is 13.6. The molecule has 0 bridgehead atoms. The van der Waals surface area contributed by atoms with E-state index < -0.39 is 0 Å². The van der Waals surface area contributed by atoms with Crippen LogP contribution in [0.1, 0.15) is 18.5 Å². The third-order valence-corrected chi connectivity index (χ3v) is 3.37. The highest BCUT2D eigenvalue weighted by atomic mass is 19.1. The summed E-state index contributed by atoms with van der Waals surface area (Å²) < 4.78 is 14.9. The first-order valence-corrected chi connectivity index (χ1v) is 6.83. The molecular weight excluding hydrogens is 285 g/mol. The van der Waals surface area contributed by atoms with Gasteiger partial charge in [-0.2, -0.15) is 0 Å². The van der Waals surface area contributed by atoms with E-state index in [9.17, 15) is 4.39 Å². The van der Waals surface area contributed by atoms with Crippen LogP contribution in [-0.4, -0.2) is 39.3 Å². The predicted molar refractivity (Wildman–Crippen MR) is 81.3 cm³/mol. The van der Waals surface area contributed by atoms with E-state index in [2.05, 4.69) is 25.9 Å². The fourth-order valence-corrected chi connectivity index (χ4v) is 2.31. The molecule has 1 atom stereocenters. The van der Waals surface area contributed by atoms with Gasteiger partial charge in [0, 0.05) is 25.3 Å². The number of tetrazole rings is 1. The molecule has 0 aliphatic heterocycles. The quantitative estimate of drug-likeness (QED) is 0.793. The number of rotatable bonds is 4. The smallest absolute Gasteiger partial charge is 0.200 e. The van der Waals surface area contributed by atoms with Crippen molar-refractivity contribution < 1.29 is 4.39 Å². The highest BCUT2D eigenvalue weighted by molar-refractivity contribution is 5.56. The van der Waals surface area contributed by atoms with E-state index >= 15 is 0 Å². The molecule has 114 valence electrons. The van der Waals surface area contributed by atoms with Crippen LogP contribution in [0.4, 0.5) is 15.9 Å². The minimum absolute atomic E-state index is 0.130. The Bertz CT molecular complexity index is 799. The fourth-order valence-electron chi connectivity index (χ4n) is 2.31. The third kappa shape index (κ3) is 2.67. The number of anilines is 2. The molecule has 22 heavy (non-hydrogen) atoms. The summed E-state index contributed by atoms with van der Waals surface area (Å²) in [6.45, 7) is 1.95. The van der Waals surface area contributed by atoms with E-state index in [1.54, 1.807) is 18.2 Å². The van der Waals surface area contributed by atoms with Crippen LogP contribution in [-0.2, 0) is 0 Å². The second-order valence-corrected chi connectivity index (χ2v) is 5.21. The lowest BCUT2D eigenvalue weighted by molar-refractivity contribution is 0.623. The molecule has 0 saturated carbocycles. The van der Waals surface area contributed by atoms with E-state index in [0.717, 1.165) is 11.3 Å². The first-order chi connectivity index (χ1) is 10.5. The first kappa shape index (κ1) is 14.2. The Morgan fingerprint density at radius 1 is 1.23 bits per heavy atom. The van der Waals surface area contributed by atoms with Gasteiger partial charge in [0.1, 0.15) is 11.6 Å². The second-order valence-electron chi connectivity index (χ2n) is 5.21. The zero-order chi connectivity index (χ0) is 15.7. The van der Waals surface area contributed by atoms with Gasteiger partial charge in [-0.05, 0) is 47.7 Å². The van der Waals surface area contributed by atoms with E-state index in [-0.39, 0.29) is 11.9 Å². The lowest BCUT2D eigenvalue weighted by Crippen LogP contribution is -2.16. The Hall–Kier alpha value is -2.77. The van der Waals surface area contributed by atoms with Crippen molar-refractivity contribution in [1.82, 2.24) is 25.3 Å². The van der Waals surface area contributed by atoms with Crippen LogP contribution in [0.2, 0.25) is 0 Å². The van der Waals surface area contributed by atoms with Crippen LogP contribution in [0.25, 0.3) is 5.65 Å². The number of hydrogen-bond donors (Lipinski definition) is 1. The van der Waals surface area contributed by atoms with Crippen LogP contribution in [0.3, 0.4) is 0 Å². The summed E-state index contributed by atoms with van der Waals surface area (Å²) in [6.07, 6.45) is 0. The molecule has 1 aromatic carbocycles. The van der Waals surface area contributed by atoms with Gasteiger partial charge in [-0.25, -0.2) is 4.39 Å². The summed E-state index contributed by atoms with van der Waals surface area (Å²) in [5, 5.41) is 18.6. The zero-order valence-corrected chi connectivity index (χ0v) is 12.5. The number of benzene rings is 1. The molecule has 3 aromatic rings. The average Bonchev–Trinajstić information content (AvgIpc) is 2.94. The summed E-state index contributed by atoms with van der Waals surface area (Å²) in [5.41, 5.74) is 2.37. The van der Waals surface area contributed by atoms with Crippen LogP contribution in [0, 0.1) is 5.82 Å². The number of hydrogen-bond acceptors (Lipinski definition) is 6. The molecule has 0 amide bonds. The molecule has 0 saturated heterocycles. The molecule has 0 spiro atoms. The predicted octanol–water partition coefficient (Wildman–Crippen LogP) is 1.90. The Labute approximate surface area is 126 Å². The summed E-state index contributed by atoms with van der Waals surface area (Å²) in [4.78, 5) is 1.95. The maximum Gasteiger partial charge on any atom is 0.200 e. The number of nitrogens with one attached hydrogen (secondary N) is 1. The van der Waals surface area contributed by atoms with Crippen molar-refractivity contribution in [2.24, 2.45) is 0 Å². The molecule has 0 fully saturated rings. The van der Waals surface area contributed by atoms with Gasteiger partial charge in [0.15, 0.2) is 5.65 Å². The normalized spacial score (nSPS) is 12.4. The van der Waals surface area contributed by atoms with Gasteiger partial charge in [-0.3, -0.25) is 0 Å². The van der Waals surface area contributed by atoms with Crippen LogP contribution >= 0.6 is 0 Å². The minimum Gasteiger partial charge on any atom is -0.377 e. The van der Waals surface area contributed by atoms with Gasteiger partial charge in [-0.15, -0.1) is 14.8 Å². The Balaban J connectivity index is 1.90. The molecular formula is C14H16FN7. The van der Waals surface area contributed by atoms with Gasteiger partial charge in [0.2, 0.25) is 0 Å². The maximum atomic E-state index is 13.6. The molecule has 1 unspecified atom stereocenters. The molecule has 8 heteroatoms. The molecule has 7 nitrogen and oxygen atoms in total. The molecule has 0 aliphatic rings. The summed E-state index contributed by atoms with van der Waals surface area (Å²) in [7, 11) is 3.85. The van der Waals surface area contributed by atoms with Crippen molar-refractivity contribution in [3.63, 3.8) is 0 Å². The molecule has 2 aromatic heterocycles. The van der Waals surface area contributed by atoms with Crippen molar-refractivity contribution in [3.05, 3.63) is 41.7 Å². The Kier molecular flexibility index (Phi) is 3.58. The van der Waals surface area contributed by atoms with Gasteiger partial charge in [0.25, 0.3) is 0 Å². The van der Waals surface area contributed by atoms with Crippen LogP contribution in [0.15, 0.2) is 30.3 Å². The van der Waals surface area contributed by atoms with Gasteiger partial charge >= 0.3 is 0 Å². The van der Waals surface area contributed by atoms with Crippen molar-refractivity contribution in [2.75, 3.05) is 24.3 Å². The SMILES string of the molecule is CC(Nc1ccc2nnnn2n1)c1cc(F)ccc1N(C)C. The van der Waals surface area contributed by atoms with Gasteiger partial charge in [-0.1, -0.05) is 0 Å². The fraction of sp³-hybridized carbons (Fsp3) is 0.286. The van der Waals surface area contributed by atoms with Crippen molar-refractivity contribution in [1.29, 1.82) is 0 Å². The largest absolute Gasteiger partial charge is 0.377 e. The summed E-state index contributed by atoms with van der Waals surface area (Å²) in [5.74, 6) is 0.347. The number of aromatic nitrogens is 5. The van der Waals surface area contributed by atoms with Crippen molar-refractivity contribution in [3.8, 4) is 0 Å². The number of fused-ring (bicyclic) bond motifs is 1. The molecule has 0 aliphatic carbocycles. The van der Waals surface area contributed by atoms with Gasteiger partial charge in [0.05, 0.1) is 6.04 Å². The Morgan fingerprint density at radius 2 is 2.05 bits per heavy atom. The summed E-state index contributed by atoms with van der Waals surface area (Å²) >= 11 is 0. The standard InChI is InChI=1S/C14H16FN7/c1-9(11-8-10(15)4-5-12(11)21(2)3)16-13-6-7-14-17-19-20-22(14)18-13/h4-9H,1-3H3,(H,16,18). The van der Waals surface area contributed by atoms with E-state index in [1.807, 2.05) is 25.9 Å². The second kappa shape index (κ2) is 5.55. The average molecular weight is 301 g/mol. The third-order valence-electron chi connectivity index (χ3n) is 3.37. The molecule has 1 N–H and O–H groups in total. The van der Waals surface area contributed by atoms with E-state index in [1.165, 1.54) is 16.8 Å². The number of halogens is 1. The molecule has 0 radical (unpaired) electrons. The molecule has 3 rings (SSSR count). The minimum atomic E-state index is -0.266. The van der Waals surface area contributed by atoms with Crippen LogP contribution < -0.4 is 10.2 Å². The molecule has 2 heterocycles. The van der Waals surface area contributed by atoms with Crippen LogP contribution in [0.5, 0.6) is 0 Å². The lowest BCUT2D eigenvalue weighted by Gasteiger charge is -2.22. The zero-order valence-electron chi connectivity index (χ0n) is 12.5.